The van der Waals surface area contributed by atoms with Crippen LogP contribution in [0.2, 0.25) is 0 Å². The molecule has 0 unspecified atom stereocenters. The number of aliphatic hydroxyl groups excluding tert-OH is 1. The summed E-state index contributed by atoms with van der Waals surface area (Å²) in [6.45, 7) is 7.01. The Bertz CT molecular complexity index is 189. The third-order valence-corrected chi connectivity index (χ3v) is 1.89. The van der Waals surface area contributed by atoms with E-state index in [4.69, 9.17) is 9.84 Å². The fourth-order valence-electron chi connectivity index (χ4n) is 0.580. The summed E-state index contributed by atoms with van der Waals surface area (Å²) in [5, 5.41) is 8.97. The predicted octanol–water partition coefficient (Wildman–Crippen LogP) is 1.01. The van der Waals surface area contributed by atoms with Gasteiger partial charge in [0.1, 0.15) is 6.61 Å². The van der Waals surface area contributed by atoms with Crippen LogP contribution in [0.15, 0.2) is 12.7 Å². The SMILES string of the molecule is C=CCOC(=O)N(C)C(C)(C)CO. The van der Waals surface area contributed by atoms with Gasteiger partial charge in [-0.1, -0.05) is 12.7 Å². The van der Waals surface area contributed by atoms with E-state index in [1.54, 1.807) is 20.9 Å². The van der Waals surface area contributed by atoms with Gasteiger partial charge in [0.05, 0.1) is 12.1 Å². The maximum absolute atomic E-state index is 11.3. The number of ether oxygens (including phenoxy) is 1. The molecular formula is C9H17NO3. The maximum Gasteiger partial charge on any atom is 0.410 e. The number of hydrogen-bond donors (Lipinski definition) is 1. The Kier molecular flexibility index (Phi) is 4.48. The number of likely N-dealkylation sites (N-methyl/N-ethyl adjacent to an activating group) is 1. The first-order chi connectivity index (χ1) is 5.95. The molecule has 0 aliphatic rings. The lowest BCUT2D eigenvalue weighted by Gasteiger charge is -2.32. The van der Waals surface area contributed by atoms with Gasteiger partial charge in [-0.15, -0.1) is 0 Å². The van der Waals surface area contributed by atoms with Crippen LogP contribution in [0.3, 0.4) is 0 Å². The number of aliphatic hydroxyl groups is 1. The van der Waals surface area contributed by atoms with Crippen LogP contribution in [-0.4, -0.2) is 41.9 Å². The van der Waals surface area contributed by atoms with Crippen molar-refractivity contribution in [1.82, 2.24) is 4.90 Å². The van der Waals surface area contributed by atoms with E-state index in [2.05, 4.69) is 6.58 Å². The molecule has 0 atom stereocenters. The summed E-state index contributed by atoms with van der Waals surface area (Å²) < 4.78 is 4.80. The van der Waals surface area contributed by atoms with Gasteiger partial charge in [0.25, 0.3) is 0 Å². The summed E-state index contributed by atoms with van der Waals surface area (Å²) in [6, 6.07) is 0. The second-order valence-corrected chi connectivity index (χ2v) is 3.40. The first-order valence-electron chi connectivity index (χ1n) is 4.08. The van der Waals surface area contributed by atoms with Gasteiger partial charge in [-0.05, 0) is 13.8 Å². The van der Waals surface area contributed by atoms with Crippen LogP contribution in [-0.2, 0) is 4.74 Å². The quantitative estimate of drug-likeness (QED) is 0.668. The van der Waals surface area contributed by atoms with E-state index < -0.39 is 11.6 Å². The van der Waals surface area contributed by atoms with Crippen LogP contribution in [0.5, 0.6) is 0 Å². The minimum Gasteiger partial charge on any atom is -0.445 e. The highest BCUT2D eigenvalue weighted by Crippen LogP contribution is 2.11. The third kappa shape index (κ3) is 3.46. The van der Waals surface area contributed by atoms with Crippen molar-refractivity contribution in [2.24, 2.45) is 0 Å². The highest BCUT2D eigenvalue weighted by molar-refractivity contribution is 5.68. The summed E-state index contributed by atoms with van der Waals surface area (Å²) >= 11 is 0. The number of carbonyl (C=O) groups excluding carboxylic acids is 1. The van der Waals surface area contributed by atoms with Crippen molar-refractivity contribution in [2.75, 3.05) is 20.3 Å². The number of hydrogen-bond acceptors (Lipinski definition) is 3. The van der Waals surface area contributed by atoms with Crippen LogP contribution >= 0.6 is 0 Å². The molecule has 0 radical (unpaired) electrons. The monoisotopic (exact) mass is 187 g/mol. The highest BCUT2D eigenvalue weighted by Gasteiger charge is 2.27. The number of rotatable bonds is 4. The molecule has 4 nitrogen and oxygen atoms in total. The lowest BCUT2D eigenvalue weighted by Crippen LogP contribution is -2.47. The van der Waals surface area contributed by atoms with Gasteiger partial charge in [-0.25, -0.2) is 4.79 Å². The predicted molar refractivity (Wildman–Crippen MR) is 50.5 cm³/mol. The van der Waals surface area contributed by atoms with Gasteiger partial charge in [-0.3, -0.25) is 0 Å². The van der Waals surface area contributed by atoms with Crippen molar-refractivity contribution in [2.45, 2.75) is 19.4 Å². The van der Waals surface area contributed by atoms with Crippen LogP contribution in [0.25, 0.3) is 0 Å². The maximum atomic E-state index is 11.3. The lowest BCUT2D eigenvalue weighted by atomic mass is 10.1. The smallest absolute Gasteiger partial charge is 0.410 e. The topological polar surface area (TPSA) is 49.8 Å². The molecule has 4 heteroatoms. The fourth-order valence-corrected chi connectivity index (χ4v) is 0.580. The molecule has 0 aromatic heterocycles. The van der Waals surface area contributed by atoms with Crippen LogP contribution < -0.4 is 0 Å². The first-order valence-corrected chi connectivity index (χ1v) is 4.08. The molecule has 1 amide bonds. The Hall–Kier alpha value is -1.03. The molecule has 1 N–H and O–H groups in total. The lowest BCUT2D eigenvalue weighted by molar-refractivity contribution is 0.0544. The fraction of sp³-hybridized carbons (Fsp3) is 0.667. The summed E-state index contributed by atoms with van der Waals surface area (Å²) in [5.41, 5.74) is -0.599. The van der Waals surface area contributed by atoms with E-state index in [0.29, 0.717) is 0 Å². The summed E-state index contributed by atoms with van der Waals surface area (Å²) in [7, 11) is 1.58. The Morgan fingerprint density at radius 3 is 2.62 bits per heavy atom. The molecule has 0 aromatic rings. The molecule has 0 aliphatic carbocycles. The normalized spacial score (nSPS) is 10.8. The molecule has 0 aliphatic heterocycles. The van der Waals surface area contributed by atoms with E-state index in [1.165, 1.54) is 11.0 Å². The van der Waals surface area contributed by atoms with Crippen LogP contribution in [0.4, 0.5) is 4.79 Å². The van der Waals surface area contributed by atoms with Gasteiger partial charge < -0.3 is 14.7 Å². The summed E-state index contributed by atoms with van der Waals surface area (Å²) in [4.78, 5) is 12.6. The van der Waals surface area contributed by atoms with Crippen molar-refractivity contribution >= 4 is 6.09 Å². The molecule has 0 spiro atoms. The van der Waals surface area contributed by atoms with Gasteiger partial charge in [-0.2, -0.15) is 0 Å². The van der Waals surface area contributed by atoms with Gasteiger partial charge in [0.15, 0.2) is 0 Å². The van der Waals surface area contributed by atoms with E-state index in [-0.39, 0.29) is 13.2 Å². The van der Waals surface area contributed by atoms with E-state index >= 15 is 0 Å². The zero-order chi connectivity index (χ0) is 10.5. The molecule has 13 heavy (non-hydrogen) atoms. The molecule has 0 rings (SSSR count). The summed E-state index contributed by atoms with van der Waals surface area (Å²) in [5.74, 6) is 0. The Labute approximate surface area is 78.8 Å². The average molecular weight is 187 g/mol. The number of carbonyl (C=O) groups is 1. The van der Waals surface area contributed by atoms with E-state index in [0.717, 1.165) is 0 Å². The van der Waals surface area contributed by atoms with E-state index in [1.807, 2.05) is 0 Å². The van der Waals surface area contributed by atoms with Gasteiger partial charge >= 0.3 is 6.09 Å². The molecule has 0 aromatic carbocycles. The van der Waals surface area contributed by atoms with Crippen molar-refractivity contribution in [3.05, 3.63) is 12.7 Å². The zero-order valence-corrected chi connectivity index (χ0v) is 8.41. The second-order valence-electron chi connectivity index (χ2n) is 3.40. The standard InChI is InChI=1S/C9H17NO3/c1-5-6-13-8(12)10(4)9(2,3)7-11/h5,11H,1,6-7H2,2-4H3. The average Bonchev–Trinajstić information content (AvgIpc) is 2.12. The van der Waals surface area contributed by atoms with Crippen molar-refractivity contribution < 1.29 is 14.6 Å². The Morgan fingerprint density at radius 2 is 2.23 bits per heavy atom. The van der Waals surface area contributed by atoms with Crippen molar-refractivity contribution in [1.29, 1.82) is 0 Å². The van der Waals surface area contributed by atoms with Crippen LogP contribution in [0.1, 0.15) is 13.8 Å². The van der Waals surface area contributed by atoms with Gasteiger partial charge in [0, 0.05) is 7.05 Å². The van der Waals surface area contributed by atoms with Crippen molar-refractivity contribution in [3.63, 3.8) is 0 Å². The third-order valence-electron chi connectivity index (χ3n) is 1.89. The first kappa shape index (κ1) is 12.0. The minimum atomic E-state index is -0.599. The second kappa shape index (κ2) is 4.87. The minimum absolute atomic E-state index is 0.104. The highest BCUT2D eigenvalue weighted by atomic mass is 16.6. The summed E-state index contributed by atoms with van der Waals surface area (Å²) in [6.07, 6.45) is 1.04. The molecular weight excluding hydrogens is 170 g/mol. The number of nitrogens with zero attached hydrogens (tertiary/aromatic N) is 1. The van der Waals surface area contributed by atoms with Crippen molar-refractivity contribution in [3.8, 4) is 0 Å². The number of amides is 1. The molecule has 0 fully saturated rings. The van der Waals surface area contributed by atoms with E-state index in [9.17, 15) is 4.79 Å². The molecule has 0 bridgehead atoms. The molecule has 0 saturated carbocycles. The largest absolute Gasteiger partial charge is 0.445 e. The Morgan fingerprint density at radius 1 is 1.69 bits per heavy atom. The molecule has 0 saturated heterocycles. The van der Waals surface area contributed by atoms with Gasteiger partial charge in [0.2, 0.25) is 0 Å². The zero-order valence-electron chi connectivity index (χ0n) is 8.41. The van der Waals surface area contributed by atoms with Crippen LogP contribution in [0, 0.1) is 0 Å². The molecule has 76 valence electrons. The Balaban J connectivity index is 4.16. The molecule has 0 heterocycles.